The predicted molar refractivity (Wildman–Crippen MR) is 87.4 cm³/mol. The van der Waals surface area contributed by atoms with Gasteiger partial charge in [0.1, 0.15) is 0 Å². The second-order valence-corrected chi connectivity index (χ2v) is 5.72. The number of imidazole rings is 1. The molecule has 4 rings (SSSR count). The Morgan fingerprint density at radius 1 is 1.19 bits per heavy atom. The molecule has 0 N–H and O–H groups in total. The average Bonchev–Trinajstić information content (AvgIpc) is 3.25. The molecule has 2 heterocycles. The van der Waals surface area contributed by atoms with Gasteiger partial charge in [0.05, 0.1) is 16.6 Å². The van der Waals surface area contributed by atoms with Crippen LogP contribution in [0.2, 0.25) is 0 Å². The number of esters is 1. The van der Waals surface area contributed by atoms with Crippen LogP contribution >= 0.6 is 0 Å². The average molecular weight is 360 g/mol. The molecule has 1 aliphatic heterocycles. The van der Waals surface area contributed by atoms with Crippen molar-refractivity contribution in [2.24, 2.45) is 0 Å². The molecule has 0 radical (unpaired) electrons. The summed E-state index contributed by atoms with van der Waals surface area (Å²) in [5.74, 6) is 0.292. The number of alkyl halides is 2. The summed E-state index contributed by atoms with van der Waals surface area (Å²) in [6.45, 7) is -1.21. The molecule has 1 aromatic heterocycles. The highest BCUT2D eigenvalue weighted by Crippen LogP contribution is 2.33. The minimum atomic E-state index is -2.80. The molecule has 1 atom stereocenters. The Morgan fingerprint density at radius 3 is 2.77 bits per heavy atom. The third-order valence-electron chi connectivity index (χ3n) is 4.07. The smallest absolute Gasteiger partial charge is 0.338 e. The van der Waals surface area contributed by atoms with Crippen molar-refractivity contribution >= 4 is 17.0 Å². The first kappa shape index (κ1) is 16.3. The first-order valence-corrected chi connectivity index (χ1v) is 7.90. The molecule has 0 fully saturated rings. The lowest BCUT2D eigenvalue weighted by atomic mass is 10.2. The summed E-state index contributed by atoms with van der Waals surface area (Å²) in [7, 11) is 0. The third-order valence-corrected chi connectivity index (χ3v) is 4.07. The monoisotopic (exact) mass is 360 g/mol. The van der Waals surface area contributed by atoms with Crippen molar-refractivity contribution in [2.45, 2.75) is 19.6 Å². The Kier molecular flexibility index (Phi) is 3.95. The second kappa shape index (κ2) is 6.29. The summed E-state index contributed by atoms with van der Waals surface area (Å²) in [5, 5.41) is 0. The fraction of sp³-hybridized carbons (Fsp3) is 0.222. The van der Waals surface area contributed by atoms with E-state index in [4.69, 9.17) is 14.2 Å². The van der Waals surface area contributed by atoms with Crippen LogP contribution < -0.4 is 9.47 Å². The maximum Gasteiger partial charge on any atom is 0.338 e. The van der Waals surface area contributed by atoms with E-state index in [1.54, 1.807) is 30.3 Å². The Balaban J connectivity index is 1.62. The van der Waals surface area contributed by atoms with Crippen LogP contribution in [0.5, 0.6) is 11.5 Å². The van der Waals surface area contributed by atoms with Crippen molar-refractivity contribution in [3.63, 3.8) is 0 Å². The SMILES string of the molecule is CC(OC(=O)c1ccc2c(c1)OCO2)c1nc2ccccc2n1C(F)F. The molecule has 6 nitrogen and oxygen atoms in total. The molecule has 0 saturated carbocycles. The first-order chi connectivity index (χ1) is 12.5. The lowest BCUT2D eigenvalue weighted by Gasteiger charge is -2.15. The van der Waals surface area contributed by atoms with E-state index in [9.17, 15) is 13.6 Å². The van der Waals surface area contributed by atoms with Crippen molar-refractivity contribution in [3.05, 3.63) is 53.9 Å². The summed E-state index contributed by atoms with van der Waals surface area (Å²) in [6, 6.07) is 11.1. The fourth-order valence-corrected chi connectivity index (χ4v) is 2.86. The number of aromatic nitrogens is 2. The zero-order valence-corrected chi connectivity index (χ0v) is 13.7. The molecular weight excluding hydrogens is 346 g/mol. The summed E-state index contributed by atoms with van der Waals surface area (Å²) < 4.78 is 43.6. The summed E-state index contributed by atoms with van der Waals surface area (Å²) in [6.07, 6.45) is -0.964. The van der Waals surface area contributed by atoms with Crippen LogP contribution in [0, 0.1) is 0 Å². The maximum absolute atomic E-state index is 13.5. The van der Waals surface area contributed by atoms with Gasteiger partial charge in [-0.05, 0) is 37.3 Å². The third kappa shape index (κ3) is 2.73. The van der Waals surface area contributed by atoms with Crippen LogP contribution in [0.1, 0.15) is 35.8 Å². The zero-order valence-electron chi connectivity index (χ0n) is 13.7. The number of hydrogen-bond donors (Lipinski definition) is 0. The Morgan fingerprint density at radius 2 is 1.96 bits per heavy atom. The van der Waals surface area contributed by atoms with Crippen LogP contribution in [0.3, 0.4) is 0 Å². The van der Waals surface area contributed by atoms with Gasteiger partial charge in [-0.15, -0.1) is 0 Å². The Labute approximate surface area is 146 Å². The highest BCUT2D eigenvalue weighted by Gasteiger charge is 2.25. The zero-order chi connectivity index (χ0) is 18.3. The number of carbonyl (C=O) groups excluding carboxylic acids is 1. The molecule has 0 bridgehead atoms. The van der Waals surface area contributed by atoms with Gasteiger partial charge in [0, 0.05) is 0 Å². The van der Waals surface area contributed by atoms with Crippen LogP contribution in [-0.2, 0) is 4.74 Å². The quantitative estimate of drug-likeness (QED) is 0.656. The lowest BCUT2D eigenvalue weighted by Crippen LogP contribution is -2.14. The minimum absolute atomic E-state index is 0.0182. The van der Waals surface area contributed by atoms with E-state index in [-0.39, 0.29) is 23.7 Å². The van der Waals surface area contributed by atoms with Crippen molar-refractivity contribution in [3.8, 4) is 11.5 Å². The van der Waals surface area contributed by atoms with Gasteiger partial charge in [0.25, 0.3) is 0 Å². The van der Waals surface area contributed by atoms with Gasteiger partial charge in [-0.3, -0.25) is 4.57 Å². The van der Waals surface area contributed by atoms with E-state index in [2.05, 4.69) is 4.98 Å². The predicted octanol–water partition coefficient (Wildman–Crippen LogP) is 4.08. The van der Waals surface area contributed by atoms with Gasteiger partial charge in [0.15, 0.2) is 23.4 Å². The van der Waals surface area contributed by atoms with E-state index in [0.717, 1.165) is 4.57 Å². The molecule has 0 aliphatic carbocycles. The van der Waals surface area contributed by atoms with Gasteiger partial charge in [-0.25, -0.2) is 9.78 Å². The van der Waals surface area contributed by atoms with Crippen molar-refractivity contribution in [1.29, 1.82) is 0 Å². The second-order valence-electron chi connectivity index (χ2n) is 5.72. The van der Waals surface area contributed by atoms with Crippen molar-refractivity contribution in [2.75, 3.05) is 6.79 Å². The number of nitrogens with zero attached hydrogens (tertiary/aromatic N) is 2. The van der Waals surface area contributed by atoms with E-state index >= 15 is 0 Å². The fourth-order valence-electron chi connectivity index (χ4n) is 2.86. The molecule has 1 unspecified atom stereocenters. The first-order valence-electron chi connectivity index (χ1n) is 7.90. The van der Waals surface area contributed by atoms with Gasteiger partial charge < -0.3 is 14.2 Å². The largest absolute Gasteiger partial charge is 0.454 e. The van der Waals surface area contributed by atoms with Gasteiger partial charge in [-0.2, -0.15) is 8.78 Å². The number of fused-ring (bicyclic) bond motifs is 2. The van der Waals surface area contributed by atoms with Crippen LogP contribution in [0.25, 0.3) is 11.0 Å². The van der Waals surface area contributed by atoms with E-state index in [1.807, 2.05) is 0 Å². The van der Waals surface area contributed by atoms with Crippen molar-refractivity contribution < 1.29 is 27.8 Å². The summed E-state index contributed by atoms with van der Waals surface area (Å²) in [5.41, 5.74) is 0.929. The maximum atomic E-state index is 13.5. The lowest BCUT2D eigenvalue weighted by molar-refractivity contribution is 0.0233. The number of rotatable bonds is 4. The molecule has 3 aromatic rings. The number of hydrogen-bond acceptors (Lipinski definition) is 5. The highest BCUT2D eigenvalue weighted by atomic mass is 19.3. The molecule has 1 aliphatic rings. The number of benzene rings is 2. The minimum Gasteiger partial charge on any atom is -0.454 e. The highest BCUT2D eigenvalue weighted by molar-refractivity contribution is 5.90. The standard InChI is InChI=1S/C18H14F2N2O4/c1-10(16-21-12-4-2-3-5-13(12)22(16)18(19)20)26-17(23)11-6-7-14-15(8-11)25-9-24-14/h2-8,10,18H,9H2,1H3. The number of ether oxygens (including phenoxy) is 3. The van der Waals surface area contributed by atoms with Crippen LogP contribution in [0.15, 0.2) is 42.5 Å². The Hall–Kier alpha value is -3.16. The van der Waals surface area contributed by atoms with E-state index in [0.29, 0.717) is 17.0 Å². The number of halogens is 2. The normalized spacial score (nSPS) is 14.0. The van der Waals surface area contributed by atoms with E-state index < -0.39 is 18.6 Å². The molecule has 8 heteroatoms. The van der Waals surface area contributed by atoms with E-state index in [1.165, 1.54) is 19.1 Å². The summed E-state index contributed by atoms with van der Waals surface area (Å²) >= 11 is 0. The van der Waals surface area contributed by atoms with Gasteiger partial charge in [-0.1, -0.05) is 12.1 Å². The molecule has 26 heavy (non-hydrogen) atoms. The molecule has 134 valence electrons. The summed E-state index contributed by atoms with van der Waals surface area (Å²) in [4.78, 5) is 16.6. The van der Waals surface area contributed by atoms with Crippen molar-refractivity contribution in [1.82, 2.24) is 9.55 Å². The molecule has 0 spiro atoms. The van der Waals surface area contributed by atoms with Crippen LogP contribution in [0.4, 0.5) is 8.78 Å². The Bertz CT molecular complexity index is 986. The molecular formula is C18H14F2N2O4. The van der Waals surface area contributed by atoms with Gasteiger partial charge in [0.2, 0.25) is 6.79 Å². The number of para-hydroxylation sites is 2. The molecule has 0 amide bonds. The molecule has 0 saturated heterocycles. The topological polar surface area (TPSA) is 62.6 Å². The van der Waals surface area contributed by atoms with Gasteiger partial charge >= 0.3 is 12.5 Å². The van der Waals surface area contributed by atoms with Crippen LogP contribution in [-0.4, -0.2) is 22.3 Å². The number of carbonyl (C=O) groups is 1. The molecule has 2 aromatic carbocycles.